The van der Waals surface area contributed by atoms with E-state index in [0.29, 0.717) is 17.1 Å². The zero-order valence-electron chi connectivity index (χ0n) is 15.2. The third-order valence-corrected chi connectivity index (χ3v) is 4.26. The Morgan fingerprint density at radius 1 is 1.15 bits per heavy atom. The Labute approximate surface area is 166 Å². The lowest BCUT2D eigenvalue weighted by molar-refractivity contribution is 0.102. The van der Waals surface area contributed by atoms with Crippen molar-refractivity contribution in [3.63, 3.8) is 0 Å². The monoisotopic (exact) mass is 429 g/mol. The molecule has 0 bridgehead atoms. The highest BCUT2D eigenvalue weighted by atomic mass is 79.9. The zero-order valence-corrected chi connectivity index (χ0v) is 16.8. The summed E-state index contributed by atoms with van der Waals surface area (Å²) >= 11 is 3.40. The van der Waals surface area contributed by atoms with Gasteiger partial charge in [0.2, 0.25) is 0 Å². The summed E-state index contributed by atoms with van der Waals surface area (Å²) in [6.45, 7) is 3.83. The molecule has 140 valence electrons. The normalized spacial score (nSPS) is 10.7. The molecular formula is C20H20BrN3O3. The van der Waals surface area contributed by atoms with Gasteiger partial charge in [-0.3, -0.25) is 9.89 Å². The van der Waals surface area contributed by atoms with E-state index in [1.54, 1.807) is 31.4 Å². The van der Waals surface area contributed by atoms with E-state index in [4.69, 9.17) is 9.47 Å². The van der Waals surface area contributed by atoms with Gasteiger partial charge in [-0.15, -0.1) is 0 Å². The van der Waals surface area contributed by atoms with E-state index >= 15 is 0 Å². The highest BCUT2D eigenvalue weighted by molar-refractivity contribution is 9.10. The maximum atomic E-state index is 12.7. The predicted molar refractivity (Wildman–Crippen MR) is 108 cm³/mol. The maximum absolute atomic E-state index is 12.7. The summed E-state index contributed by atoms with van der Waals surface area (Å²) in [7, 11) is 1.61. The number of carbonyl (C=O) groups excluding carboxylic acids is 1. The molecule has 0 atom stereocenters. The Bertz CT molecular complexity index is 953. The smallest absolute Gasteiger partial charge is 0.260 e. The second kappa shape index (κ2) is 8.26. The molecule has 3 rings (SSSR count). The summed E-state index contributed by atoms with van der Waals surface area (Å²) in [5.41, 5.74) is 2.05. The van der Waals surface area contributed by atoms with Crippen molar-refractivity contribution in [3.05, 3.63) is 58.6 Å². The molecule has 0 aliphatic rings. The van der Waals surface area contributed by atoms with Gasteiger partial charge in [0, 0.05) is 16.1 Å². The Hall–Kier alpha value is -2.80. The number of amides is 1. The minimum atomic E-state index is -0.295. The van der Waals surface area contributed by atoms with E-state index in [2.05, 4.69) is 31.4 Å². The topological polar surface area (TPSA) is 76.2 Å². The Morgan fingerprint density at radius 3 is 2.67 bits per heavy atom. The van der Waals surface area contributed by atoms with Crippen molar-refractivity contribution in [3.8, 4) is 22.8 Å². The second-order valence-electron chi connectivity index (χ2n) is 6.13. The van der Waals surface area contributed by atoms with Crippen LogP contribution in [0.4, 0.5) is 5.82 Å². The van der Waals surface area contributed by atoms with Crippen LogP contribution in [0.2, 0.25) is 0 Å². The third kappa shape index (κ3) is 4.49. The van der Waals surface area contributed by atoms with Gasteiger partial charge >= 0.3 is 0 Å². The number of para-hydroxylation sites is 1. The van der Waals surface area contributed by atoms with Crippen LogP contribution in [-0.4, -0.2) is 29.3 Å². The SMILES string of the molecule is COc1ccccc1-c1cc(NC(=O)c2ccc(Br)cc2OC(C)C)n[nH]1. The molecule has 0 aliphatic heterocycles. The Balaban J connectivity index is 1.83. The first kappa shape index (κ1) is 19.0. The van der Waals surface area contributed by atoms with Crippen molar-refractivity contribution < 1.29 is 14.3 Å². The van der Waals surface area contributed by atoms with E-state index in [1.165, 1.54) is 0 Å². The van der Waals surface area contributed by atoms with E-state index in [-0.39, 0.29) is 12.0 Å². The van der Waals surface area contributed by atoms with Crippen LogP contribution in [0.5, 0.6) is 11.5 Å². The van der Waals surface area contributed by atoms with Crippen LogP contribution >= 0.6 is 15.9 Å². The number of methoxy groups -OCH3 is 1. The number of anilines is 1. The lowest BCUT2D eigenvalue weighted by Crippen LogP contribution is -2.16. The standard InChI is InChI=1S/C20H20BrN3O3/c1-12(2)27-18-10-13(21)8-9-15(18)20(25)22-19-11-16(23-24-19)14-6-4-5-7-17(14)26-3/h4-12H,1-3H3,(H2,22,23,24,25). The van der Waals surface area contributed by atoms with Crippen LogP contribution in [-0.2, 0) is 0 Å². The van der Waals surface area contributed by atoms with Gasteiger partial charge < -0.3 is 14.8 Å². The molecule has 3 aromatic rings. The molecule has 0 aliphatic carbocycles. The van der Waals surface area contributed by atoms with Crippen LogP contribution in [0.25, 0.3) is 11.3 Å². The predicted octanol–water partition coefficient (Wildman–Crippen LogP) is 4.89. The van der Waals surface area contributed by atoms with Crippen LogP contribution < -0.4 is 14.8 Å². The van der Waals surface area contributed by atoms with Crippen molar-refractivity contribution in [1.82, 2.24) is 10.2 Å². The molecule has 27 heavy (non-hydrogen) atoms. The first-order chi connectivity index (χ1) is 13.0. The number of rotatable bonds is 6. The number of ether oxygens (including phenoxy) is 2. The summed E-state index contributed by atoms with van der Waals surface area (Å²) in [6, 6.07) is 14.6. The van der Waals surface area contributed by atoms with Gasteiger partial charge in [-0.2, -0.15) is 5.10 Å². The molecular weight excluding hydrogens is 410 g/mol. The number of halogens is 1. The molecule has 2 aromatic carbocycles. The molecule has 0 fully saturated rings. The molecule has 7 heteroatoms. The van der Waals surface area contributed by atoms with Crippen molar-refractivity contribution in [2.24, 2.45) is 0 Å². The molecule has 1 heterocycles. The average molecular weight is 430 g/mol. The highest BCUT2D eigenvalue weighted by Crippen LogP contribution is 2.30. The molecule has 1 amide bonds. The lowest BCUT2D eigenvalue weighted by atomic mass is 10.1. The van der Waals surface area contributed by atoms with Gasteiger partial charge in [0.15, 0.2) is 5.82 Å². The van der Waals surface area contributed by atoms with Gasteiger partial charge in [0.1, 0.15) is 11.5 Å². The van der Waals surface area contributed by atoms with Crippen LogP contribution in [0.15, 0.2) is 53.0 Å². The minimum absolute atomic E-state index is 0.0478. The number of carbonyl (C=O) groups is 1. The molecule has 0 saturated carbocycles. The number of hydrogen-bond donors (Lipinski definition) is 2. The van der Waals surface area contributed by atoms with Crippen molar-refractivity contribution >= 4 is 27.7 Å². The van der Waals surface area contributed by atoms with Crippen LogP contribution in [0.3, 0.4) is 0 Å². The number of aromatic amines is 1. The second-order valence-corrected chi connectivity index (χ2v) is 7.04. The van der Waals surface area contributed by atoms with Crippen molar-refractivity contribution in [1.29, 1.82) is 0 Å². The molecule has 6 nitrogen and oxygen atoms in total. The van der Waals surface area contributed by atoms with Crippen molar-refractivity contribution in [2.45, 2.75) is 20.0 Å². The molecule has 0 spiro atoms. The summed E-state index contributed by atoms with van der Waals surface area (Å²) in [5.74, 6) is 1.35. The molecule has 0 radical (unpaired) electrons. The summed E-state index contributed by atoms with van der Waals surface area (Å²) in [6.07, 6.45) is -0.0478. The first-order valence-corrected chi connectivity index (χ1v) is 9.23. The fourth-order valence-electron chi connectivity index (χ4n) is 2.61. The van der Waals surface area contributed by atoms with Gasteiger partial charge in [-0.05, 0) is 44.2 Å². The van der Waals surface area contributed by atoms with E-state index in [0.717, 1.165) is 21.5 Å². The highest BCUT2D eigenvalue weighted by Gasteiger charge is 2.16. The largest absolute Gasteiger partial charge is 0.496 e. The number of nitrogens with zero attached hydrogens (tertiary/aromatic N) is 1. The van der Waals surface area contributed by atoms with Gasteiger partial charge in [0.25, 0.3) is 5.91 Å². The summed E-state index contributed by atoms with van der Waals surface area (Å²) in [4.78, 5) is 12.7. The average Bonchev–Trinajstić information content (AvgIpc) is 3.09. The van der Waals surface area contributed by atoms with Gasteiger partial charge in [0.05, 0.1) is 24.5 Å². The van der Waals surface area contributed by atoms with Crippen LogP contribution in [0, 0.1) is 0 Å². The maximum Gasteiger partial charge on any atom is 0.260 e. The quantitative estimate of drug-likeness (QED) is 0.584. The number of hydrogen-bond acceptors (Lipinski definition) is 4. The molecule has 0 saturated heterocycles. The number of nitrogens with one attached hydrogen (secondary N) is 2. The van der Waals surface area contributed by atoms with Gasteiger partial charge in [-0.1, -0.05) is 28.1 Å². The van der Waals surface area contributed by atoms with E-state index < -0.39 is 0 Å². The van der Waals surface area contributed by atoms with Crippen molar-refractivity contribution in [2.75, 3.05) is 12.4 Å². The Morgan fingerprint density at radius 2 is 1.93 bits per heavy atom. The Kier molecular flexibility index (Phi) is 5.81. The first-order valence-electron chi connectivity index (χ1n) is 8.44. The van der Waals surface area contributed by atoms with Gasteiger partial charge in [-0.25, -0.2) is 0 Å². The fraction of sp³-hybridized carbons (Fsp3) is 0.200. The molecule has 1 aromatic heterocycles. The summed E-state index contributed by atoms with van der Waals surface area (Å²) in [5, 5.41) is 9.91. The zero-order chi connectivity index (χ0) is 19.4. The van der Waals surface area contributed by atoms with Crippen LogP contribution in [0.1, 0.15) is 24.2 Å². The number of benzene rings is 2. The minimum Gasteiger partial charge on any atom is -0.496 e. The third-order valence-electron chi connectivity index (χ3n) is 3.77. The van der Waals surface area contributed by atoms with E-state index in [9.17, 15) is 4.79 Å². The number of H-pyrrole nitrogens is 1. The molecule has 2 N–H and O–H groups in total. The lowest BCUT2D eigenvalue weighted by Gasteiger charge is -2.14. The summed E-state index contributed by atoms with van der Waals surface area (Å²) < 4.78 is 12.0. The fourth-order valence-corrected chi connectivity index (χ4v) is 2.95. The molecule has 0 unspecified atom stereocenters. The number of aromatic nitrogens is 2. The van der Waals surface area contributed by atoms with E-state index in [1.807, 2.05) is 38.1 Å².